The standard InChI is InChI=1S/C14H10N4/c15-8-11-3-1-5-13(7-11)18-10-12-4-2-6-17-14(12)9-16/h1-7,18H,10H2. The molecule has 0 aliphatic carbocycles. The maximum absolute atomic E-state index is 8.91. The van der Waals surface area contributed by atoms with Crippen molar-refractivity contribution >= 4 is 5.69 Å². The van der Waals surface area contributed by atoms with Gasteiger partial charge in [-0.05, 0) is 24.3 Å². The second-order valence-electron chi connectivity index (χ2n) is 3.67. The second-order valence-corrected chi connectivity index (χ2v) is 3.67. The number of hydrogen-bond donors (Lipinski definition) is 1. The van der Waals surface area contributed by atoms with E-state index in [1.807, 2.05) is 18.2 Å². The van der Waals surface area contributed by atoms with Crippen LogP contribution in [0.1, 0.15) is 16.8 Å². The van der Waals surface area contributed by atoms with Crippen molar-refractivity contribution in [2.45, 2.75) is 6.54 Å². The number of nitriles is 2. The molecule has 2 rings (SSSR count). The highest BCUT2D eigenvalue weighted by Gasteiger charge is 2.02. The lowest BCUT2D eigenvalue weighted by Crippen LogP contribution is -2.02. The van der Waals surface area contributed by atoms with E-state index in [0.717, 1.165) is 11.3 Å². The highest BCUT2D eigenvalue weighted by molar-refractivity contribution is 5.49. The Bertz CT molecular complexity index is 635. The van der Waals surface area contributed by atoms with E-state index in [-0.39, 0.29) is 0 Å². The largest absolute Gasteiger partial charge is 0.381 e. The van der Waals surface area contributed by atoms with Crippen LogP contribution in [0.4, 0.5) is 5.69 Å². The van der Waals surface area contributed by atoms with E-state index in [1.165, 1.54) is 0 Å². The van der Waals surface area contributed by atoms with Crippen LogP contribution in [0.15, 0.2) is 42.6 Å². The highest BCUT2D eigenvalue weighted by atomic mass is 14.9. The van der Waals surface area contributed by atoms with Crippen LogP contribution in [-0.4, -0.2) is 4.98 Å². The maximum atomic E-state index is 8.91. The van der Waals surface area contributed by atoms with Crippen LogP contribution >= 0.6 is 0 Å². The summed E-state index contributed by atoms with van der Waals surface area (Å²) >= 11 is 0. The lowest BCUT2D eigenvalue weighted by atomic mass is 10.2. The SMILES string of the molecule is N#Cc1cccc(NCc2cccnc2C#N)c1. The smallest absolute Gasteiger partial charge is 0.145 e. The number of aromatic nitrogens is 1. The van der Waals surface area contributed by atoms with Gasteiger partial charge in [-0.25, -0.2) is 4.98 Å². The molecule has 4 heteroatoms. The fourth-order valence-corrected chi connectivity index (χ4v) is 1.58. The minimum absolute atomic E-state index is 0.418. The van der Waals surface area contributed by atoms with Gasteiger partial charge in [-0.3, -0.25) is 0 Å². The number of rotatable bonds is 3. The Balaban J connectivity index is 2.12. The van der Waals surface area contributed by atoms with Crippen LogP contribution in [0.2, 0.25) is 0 Å². The van der Waals surface area contributed by atoms with Gasteiger partial charge >= 0.3 is 0 Å². The Kier molecular flexibility index (Phi) is 3.53. The molecule has 0 amide bonds. The van der Waals surface area contributed by atoms with Gasteiger partial charge in [-0.15, -0.1) is 0 Å². The van der Waals surface area contributed by atoms with E-state index in [2.05, 4.69) is 22.4 Å². The first-order valence-electron chi connectivity index (χ1n) is 5.41. The number of nitrogens with zero attached hydrogens (tertiary/aromatic N) is 3. The van der Waals surface area contributed by atoms with Gasteiger partial charge in [-0.2, -0.15) is 10.5 Å². The molecule has 2 aromatic rings. The summed E-state index contributed by atoms with van der Waals surface area (Å²) in [4.78, 5) is 3.99. The van der Waals surface area contributed by atoms with E-state index in [1.54, 1.807) is 24.4 Å². The molecule has 0 bridgehead atoms. The maximum Gasteiger partial charge on any atom is 0.145 e. The molecule has 0 saturated carbocycles. The molecule has 0 unspecified atom stereocenters. The van der Waals surface area contributed by atoms with Crippen LogP contribution < -0.4 is 5.32 Å². The second kappa shape index (κ2) is 5.47. The zero-order valence-corrected chi connectivity index (χ0v) is 9.59. The van der Waals surface area contributed by atoms with Crippen molar-refractivity contribution in [3.63, 3.8) is 0 Å². The highest BCUT2D eigenvalue weighted by Crippen LogP contribution is 2.12. The van der Waals surface area contributed by atoms with E-state index in [4.69, 9.17) is 10.5 Å². The molecule has 1 N–H and O–H groups in total. The fourth-order valence-electron chi connectivity index (χ4n) is 1.58. The molecule has 0 radical (unpaired) electrons. The van der Waals surface area contributed by atoms with Crippen molar-refractivity contribution in [1.82, 2.24) is 4.98 Å². The molecule has 1 heterocycles. The summed E-state index contributed by atoms with van der Waals surface area (Å²) in [5.41, 5.74) is 2.71. The molecular weight excluding hydrogens is 224 g/mol. The van der Waals surface area contributed by atoms with Gasteiger partial charge in [0.25, 0.3) is 0 Å². The van der Waals surface area contributed by atoms with Crippen molar-refractivity contribution in [3.8, 4) is 12.1 Å². The Morgan fingerprint density at radius 1 is 1.11 bits per heavy atom. The van der Waals surface area contributed by atoms with Gasteiger partial charge in [0.15, 0.2) is 0 Å². The Morgan fingerprint density at radius 3 is 2.78 bits per heavy atom. The van der Waals surface area contributed by atoms with Crippen molar-refractivity contribution in [2.75, 3.05) is 5.32 Å². The quantitative estimate of drug-likeness (QED) is 0.885. The van der Waals surface area contributed by atoms with Crippen molar-refractivity contribution < 1.29 is 0 Å². The van der Waals surface area contributed by atoms with E-state index >= 15 is 0 Å². The normalized spacial score (nSPS) is 9.22. The summed E-state index contributed by atoms with van der Waals surface area (Å²) in [5, 5.41) is 20.9. The summed E-state index contributed by atoms with van der Waals surface area (Å²) in [6.45, 7) is 0.506. The minimum atomic E-state index is 0.418. The summed E-state index contributed by atoms with van der Waals surface area (Å²) in [7, 11) is 0. The van der Waals surface area contributed by atoms with Gasteiger partial charge < -0.3 is 5.32 Å². The number of anilines is 1. The molecule has 0 fully saturated rings. The Morgan fingerprint density at radius 2 is 2.00 bits per heavy atom. The zero-order chi connectivity index (χ0) is 12.8. The van der Waals surface area contributed by atoms with E-state index < -0.39 is 0 Å². The van der Waals surface area contributed by atoms with Crippen LogP contribution in [0.25, 0.3) is 0 Å². The molecule has 0 saturated heterocycles. The molecular formula is C14H10N4. The van der Waals surface area contributed by atoms with Crippen molar-refractivity contribution in [2.24, 2.45) is 0 Å². The molecule has 1 aromatic heterocycles. The number of nitrogens with one attached hydrogen (secondary N) is 1. The summed E-state index contributed by atoms with van der Waals surface area (Å²) in [6, 6.07) is 15.0. The third kappa shape index (κ3) is 2.63. The number of pyridine rings is 1. The van der Waals surface area contributed by atoms with Crippen LogP contribution in [-0.2, 0) is 6.54 Å². The Hall–Kier alpha value is -2.85. The summed E-state index contributed by atoms with van der Waals surface area (Å²) < 4.78 is 0. The molecule has 4 nitrogen and oxygen atoms in total. The van der Waals surface area contributed by atoms with Crippen LogP contribution in [0.3, 0.4) is 0 Å². The first-order valence-corrected chi connectivity index (χ1v) is 5.41. The zero-order valence-electron chi connectivity index (χ0n) is 9.59. The van der Waals surface area contributed by atoms with E-state index in [0.29, 0.717) is 17.8 Å². The fraction of sp³-hybridized carbons (Fsp3) is 0.0714. The summed E-state index contributed by atoms with van der Waals surface area (Å²) in [5.74, 6) is 0. The molecule has 0 spiro atoms. The average molecular weight is 234 g/mol. The lowest BCUT2D eigenvalue weighted by Gasteiger charge is -2.07. The summed E-state index contributed by atoms with van der Waals surface area (Å²) in [6.07, 6.45) is 1.60. The van der Waals surface area contributed by atoms with Gasteiger partial charge in [0.1, 0.15) is 11.8 Å². The predicted molar refractivity (Wildman–Crippen MR) is 67.4 cm³/mol. The molecule has 86 valence electrons. The van der Waals surface area contributed by atoms with Gasteiger partial charge in [-0.1, -0.05) is 12.1 Å². The third-order valence-corrected chi connectivity index (χ3v) is 2.47. The first-order chi connectivity index (χ1) is 8.83. The van der Waals surface area contributed by atoms with Crippen LogP contribution in [0, 0.1) is 22.7 Å². The number of benzene rings is 1. The van der Waals surface area contributed by atoms with Gasteiger partial charge in [0, 0.05) is 24.0 Å². The molecule has 18 heavy (non-hydrogen) atoms. The predicted octanol–water partition coefficient (Wildman–Crippen LogP) is 2.44. The Labute approximate surface area is 105 Å². The lowest BCUT2D eigenvalue weighted by molar-refractivity contribution is 1.09. The minimum Gasteiger partial charge on any atom is -0.381 e. The monoisotopic (exact) mass is 234 g/mol. The van der Waals surface area contributed by atoms with Crippen molar-refractivity contribution in [1.29, 1.82) is 10.5 Å². The number of hydrogen-bond acceptors (Lipinski definition) is 4. The van der Waals surface area contributed by atoms with Gasteiger partial charge in [0.05, 0.1) is 11.6 Å². The molecule has 0 atom stereocenters. The topological polar surface area (TPSA) is 72.5 Å². The average Bonchev–Trinajstić information content (AvgIpc) is 2.45. The molecule has 0 aliphatic rings. The van der Waals surface area contributed by atoms with Gasteiger partial charge in [0.2, 0.25) is 0 Å². The van der Waals surface area contributed by atoms with Crippen LogP contribution in [0.5, 0.6) is 0 Å². The molecule has 1 aromatic carbocycles. The first kappa shape index (κ1) is 11.6. The van der Waals surface area contributed by atoms with E-state index in [9.17, 15) is 0 Å². The molecule has 0 aliphatic heterocycles. The third-order valence-electron chi connectivity index (χ3n) is 2.47. The van der Waals surface area contributed by atoms with Crippen molar-refractivity contribution in [3.05, 3.63) is 59.4 Å².